The summed E-state index contributed by atoms with van der Waals surface area (Å²) in [5, 5.41) is 0. The molecule has 1 rings (SSSR count). The fourth-order valence-electron chi connectivity index (χ4n) is 2.73. The van der Waals surface area contributed by atoms with Crippen molar-refractivity contribution in [1.29, 1.82) is 0 Å². The number of carbonyl (C=O) groups is 1. The average molecular weight is 255 g/mol. The first-order chi connectivity index (χ1) is 8.43. The van der Waals surface area contributed by atoms with Gasteiger partial charge in [0.05, 0.1) is 0 Å². The summed E-state index contributed by atoms with van der Waals surface area (Å²) in [7, 11) is 0. The predicted octanol–water partition coefficient (Wildman–Crippen LogP) is 1.30. The second-order valence-electron chi connectivity index (χ2n) is 6.04. The molecule has 1 aliphatic heterocycles. The molecule has 0 aromatic carbocycles. The van der Waals surface area contributed by atoms with E-state index in [0.717, 1.165) is 26.2 Å². The van der Waals surface area contributed by atoms with Gasteiger partial charge in [-0.3, -0.25) is 9.69 Å². The van der Waals surface area contributed by atoms with E-state index in [-0.39, 0.29) is 11.9 Å². The second kappa shape index (κ2) is 6.53. The summed E-state index contributed by atoms with van der Waals surface area (Å²) in [5.41, 5.74) is 6.23. The topological polar surface area (TPSA) is 49.6 Å². The fraction of sp³-hybridized carbons (Fsp3) is 0.929. The second-order valence-corrected chi connectivity index (χ2v) is 6.04. The van der Waals surface area contributed by atoms with Crippen LogP contribution in [0, 0.1) is 5.41 Å². The van der Waals surface area contributed by atoms with Gasteiger partial charge in [0.15, 0.2) is 0 Å². The Labute approximate surface area is 111 Å². The summed E-state index contributed by atoms with van der Waals surface area (Å²) in [5.74, 6) is 0.236. The lowest BCUT2D eigenvalue weighted by Gasteiger charge is -2.29. The summed E-state index contributed by atoms with van der Waals surface area (Å²) in [6.45, 7) is 12.9. The Morgan fingerprint density at radius 1 is 1.39 bits per heavy atom. The molecule has 106 valence electrons. The summed E-state index contributed by atoms with van der Waals surface area (Å²) in [6, 6.07) is 0.208. The Kier molecular flexibility index (Phi) is 5.60. The van der Waals surface area contributed by atoms with Crippen LogP contribution in [0.5, 0.6) is 0 Å². The molecule has 0 aliphatic carbocycles. The fourth-order valence-corrected chi connectivity index (χ4v) is 2.73. The van der Waals surface area contributed by atoms with Gasteiger partial charge in [-0.05, 0) is 32.2 Å². The van der Waals surface area contributed by atoms with E-state index < -0.39 is 0 Å². The molecule has 0 saturated carbocycles. The standard InChI is InChI=1S/C14H29N3O/c1-5-16(6-2)13(18)9-12(10-15)17-8-7-14(3,4)11-17/h12H,5-11,15H2,1-4H3. The molecule has 1 fully saturated rings. The van der Waals surface area contributed by atoms with Crippen LogP contribution in [0.25, 0.3) is 0 Å². The minimum atomic E-state index is 0.208. The summed E-state index contributed by atoms with van der Waals surface area (Å²) in [4.78, 5) is 16.4. The molecule has 1 atom stereocenters. The maximum Gasteiger partial charge on any atom is 0.224 e. The van der Waals surface area contributed by atoms with Gasteiger partial charge in [0.1, 0.15) is 0 Å². The van der Waals surface area contributed by atoms with Crippen LogP contribution in [0.3, 0.4) is 0 Å². The third-order valence-corrected chi connectivity index (χ3v) is 4.02. The third-order valence-electron chi connectivity index (χ3n) is 4.02. The number of nitrogens with zero attached hydrogens (tertiary/aromatic N) is 2. The van der Waals surface area contributed by atoms with Crippen molar-refractivity contribution in [1.82, 2.24) is 9.80 Å². The summed E-state index contributed by atoms with van der Waals surface area (Å²) >= 11 is 0. The van der Waals surface area contributed by atoms with E-state index in [4.69, 9.17) is 5.73 Å². The van der Waals surface area contributed by atoms with E-state index in [0.29, 0.717) is 18.4 Å². The highest BCUT2D eigenvalue weighted by Crippen LogP contribution is 2.30. The number of amides is 1. The minimum absolute atomic E-state index is 0.208. The van der Waals surface area contributed by atoms with E-state index in [2.05, 4.69) is 18.7 Å². The molecule has 0 aromatic heterocycles. The van der Waals surface area contributed by atoms with Gasteiger partial charge < -0.3 is 10.6 Å². The molecule has 0 radical (unpaired) electrons. The van der Waals surface area contributed by atoms with E-state index in [1.165, 1.54) is 6.42 Å². The maximum absolute atomic E-state index is 12.1. The Balaban J connectivity index is 2.55. The highest BCUT2D eigenvalue weighted by Gasteiger charge is 2.33. The van der Waals surface area contributed by atoms with Crippen LogP contribution in [0.15, 0.2) is 0 Å². The van der Waals surface area contributed by atoms with Gasteiger partial charge in [-0.2, -0.15) is 0 Å². The molecular formula is C14H29N3O. The number of nitrogens with two attached hydrogens (primary N) is 1. The molecule has 1 aliphatic rings. The third kappa shape index (κ3) is 3.95. The van der Waals surface area contributed by atoms with Crippen molar-refractivity contribution in [2.75, 3.05) is 32.7 Å². The van der Waals surface area contributed by atoms with Crippen LogP contribution < -0.4 is 5.73 Å². The molecule has 1 unspecified atom stereocenters. The number of likely N-dealkylation sites (tertiary alicyclic amines) is 1. The van der Waals surface area contributed by atoms with Gasteiger partial charge in [0, 0.05) is 38.6 Å². The Morgan fingerprint density at radius 3 is 2.39 bits per heavy atom. The van der Waals surface area contributed by atoms with Gasteiger partial charge in [-0.15, -0.1) is 0 Å². The van der Waals surface area contributed by atoms with E-state index in [1.807, 2.05) is 18.7 Å². The maximum atomic E-state index is 12.1. The lowest BCUT2D eigenvalue weighted by molar-refractivity contribution is -0.132. The van der Waals surface area contributed by atoms with Crippen LogP contribution in [-0.2, 0) is 4.79 Å². The molecule has 0 spiro atoms. The summed E-state index contributed by atoms with van der Waals surface area (Å²) in [6.07, 6.45) is 1.76. The van der Waals surface area contributed by atoms with Crippen molar-refractivity contribution in [2.24, 2.45) is 11.1 Å². The average Bonchev–Trinajstić information content (AvgIpc) is 2.68. The molecule has 1 heterocycles. The van der Waals surface area contributed by atoms with Crippen molar-refractivity contribution in [2.45, 2.75) is 46.6 Å². The van der Waals surface area contributed by atoms with Crippen LogP contribution in [0.4, 0.5) is 0 Å². The van der Waals surface area contributed by atoms with Gasteiger partial charge in [-0.1, -0.05) is 13.8 Å². The lowest BCUT2D eigenvalue weighted by atomic mass is 9.93. The molecular weight excluding hydrogens is 226 g/mol. The van der Waals surface area contributed by atoms with Gasteiger partial charge in [0.2, 0.25) is 5.91 Å². The molecule has 1 saturated heterocycles. The zero-order chi connectivity index (χ0) is 13.8. The molecule has 0 bridgehead atoms. The first kappa shape index (κ1) is 15.4. The van der Waals surface area contributed by atoms with Crippen molar-refractivity contribution in [3.63, 3.8) is 0 Å². The van der Waals surface area contributed by atoms with Crippen molar-refractivity contribution in [3.8, 4) is 0 Å². The van der Waals surface area contributed by atoms with Crippen molar-refractivity contribution in [3.05, 3.63) is 0 Å². The molecule has 4 nitrogen and oxygen atoms in total. The monoisotopic (exact) mass is 255 g/mol. The highest BCUT2D eigenvalue weighted by atomic mass is 16.2. The van der Waals surface area contributed by atoms with Gasteiger partial charge in [-0.25, -0.2) is 0 Å². The number of rotatable bonds is 6. The smallest absolute Gasteiger partial charge is 0.224 e. The highest BCUT2D eigenvalue weighted by molar-refractivity contribution is 5.76. The quantitative estimate of drug-likeness (QED) is 0.778. The summed E-state index contributed by atoms with van der Waals surface area (Å²) < 4.78 is 0. The SMILES string of the molecule is CCN(CC)C(=O)CC(CN)N1CCC(C)(C)C1. The molecule has 18 heavy (non-hydrogen) atoms. The Morgan fingerprint density at radius 2 is 2.00 bits per heavy atom. The van der Waals surface area contributed by atoms with Crippen molar-refractivity contribution >= 4 is 5.91 Å². The van der Waals surface area contributed by atoms with Crippen LogP contribution >= 0.6 is 0 Å². The minimum Gasteiger partial charge on any atom is -0.343 e. The zero-order valence-electron chi connectivity index (χ0n) is 12.4. The molecule has 4 heteroatoms. The molecule has 0 aromatic rings. The Bertz CT molecular complexity index is 274. The van der Waals surface area contributed by atoms with E-state index in [9.17, 15) is 4.79 Å². The van der Waals surface area contributed by atoms with Gasteiger partial charge >= 0.3 is 0 Å². The first-order valence-corrected chi connectivity index (χ1v) is 7.15. The predicted molar refractivity (Wildman–Crippen MR) is 75.4 cm³/mol. The lowest BCUT2D eigenvalue weighted by Crippen LogP contribution is -2.44. The normalized spacial score (nSPS) is 20.9. The van der Waals surface area contributed by atoms with Crippen molar-refractivity contribution < 1.29 is 4.79 Å². The van der Waals surface area contributed by atoms with Crippen LogP contribution in [-0.4, -0.2) is 54.5 Å². The largest absolute Gasteiger partial charge is 0.343 e. The zero-order valence-corrected chi connectivity index (χ0v) is 12.4. The Hall–Kier alpha value is -0.610. The van der Waals surface area contributed by atoms with Crippen LogP contribution in [0.1, 0.15) is 40.5 Å². The molecule has 2 N–H and O–H groups in total. The van der Waals surface area contributed by atoms with E-state index >= 15 is 0 Å². The number of carbonyl (C=O) groups excluding carboxylic acids is 1. The first-order valence-electron chi connectivity index (χ1n) is 7.15. The van der Waals surface area contributed by atoms with Crippen LogP contribution in [0.2, 0.25) is 0 Å². The number of hydrogen-bond donors (Lipinski definition) is 1. The van der Waals surface area contributed by atoms with E-state index in [1.54, 1.807) is 0 Å². The molecule has 1 amide bonds. The van der Waals surface area contributed by atoms with Gasteiger partial charge in [0.25, 0.3) is 0 Å². The number of hydrogen-bond acceptors (Lipinski definition) is 3.